The lowest BCUT2D eigenvalue weighted by molar-refractivity contribution is 0.0601. The van der Waals surface area contributed by atoms with E-state index in [4.69, 9.17) is 16.3 Å². The molecule has 4 heteroatoms. The van der Waals surface area contributed by atoms with Crippen LogP contribution in [0.15, 0.2) is 54.6 Å². The zero-order valence-electron chi connectivity index (χ0n) is 13.3. The van der Waals surface area contributed by atoms with Crippen LogP contribution in [0.25, 0.3) is 0 Å². The molecule has 3 atom stereocenters. The van der Waals surface area contributed by atoms with Gasteiger partial charge in [0, 0.05) is 10.9 Å². The first-order valence-corrected chi connectivity index (χ1v) is 8.46. The zero-order chi connectivity index (χ0) is 16.7. The lowest BCUT2D eigenvalue weighted by Gasteiger charge is -2.38. The van der Waals surface area contributed by atoms with Gasteiger partial charge in [-0.2, -0.15) is 0 Å². The average molecular weight is 340 g/mol. The molecule has 0 saturated heterocycles. The zero-order valence-corrected chi connectivity index (χ0v) is 14.1. The van der Waals surface area contributed by atoms with Crippen LogP contribution in [-0.4, -0.2) is 13.1 Å². The molecule has 2 aliphatic rings. The van der Waals surface area contributed by atoms with Crippen molar-refractivity contribution in [2.75, 3.05) is 12.4 Å². The van der Waals surface area contributed by atoms with Crippen molar-refractivity contribution in [2.45, 2.75) is 18.4 Å². The molecule has 4 rings (SSSR count). The molecule has 0 amide bonds. The minimum atomic E-state index is -0.311. The number of carbonyl (C=O) groups is 1. The van der Waals surface area contributed by atoms with Crippen LogP contribution in [0.1, 0.15) is 39.9 Å². The lowest BCUT2D eigenvalue weighted by Crippen LogP contribution is -2.30. The Bertz CT molecular complexity index is 813. The number of hydrogen-bond acceptors (Lipinski definition) is 3. The Hall–Kier alpha value is -2.26. The number of benzene rings is 2. The predicted octanol–water partition coefficient (Wildman–Crippen LogP) is 4.95. The van der Waals surface area contributed by atoms with Crippen LogP contribution in [-0.2, 0) is 4.74 Å². The number of fused-ring (bicyclic) bond motifs is 3. The number of ether oxygens (including phenoxy) is 1. The summed E-state index contributed by atoms with van der Waals surface area (Å²) in [6.45, 7) is 0. The molecular weight excluding hydrogens is 322 g/mol. The summed E-state index contributed by atoms with van der Waals surface area (Å²) in [4.78, 5) is 12.2. The van der Waals surface area contributed by atoms with Gasteiger partial charge in [0.1, 0.15) is 0 Å². The van der Waals surface area contributed by atoms with Gasteiger partial charge in [-0.15, -0.1) is 0 Å². The monoisotopic (exact) mass is 339 g/mol. The molecule has 0 bridgehead atoms. The normalized spacial score (nSPS) is 24.0. The van der Waals surface area contributed by atoms with Crippen LogP contribution in [0.2, 0.25) is 5.02 Å². The summed E-state index contributed by atoms with van der Waals surface area (Å²) in [5.41, 5.74) is 3.83. The van der Waals surface area contributed by atoms with Crippen molar-refractivity contribution in [3.05, 3.63) is 76.3 Å². The summed E-state index contributed by atoms with van der Waals surface area (Å²) in [5, 5.41) is 4.33. The van der Waals surface area contributed by atoms with Crippen LogP contribution < -0.4 is 5.32 Å². The Morgan fingerprint density at radius 1 is 1.21 bits per heavy atom. The van der Waals surface area contributed by atoms with Crippen LogP contribution >= 0.6 is 11.6 Å². The summed E-state index contributed by atoms with van der Waals surface area (Å²) in [6, 6.07) is 13.9. The van der Waals surface area contributed by atoms with Gasteiger partial charge in [0.15, 0.2) is 0 Å². The molecule has 1 heterocycles. The van der Waals surface area contributed by atoms with E-state index < -0.39 is 0 Å². The van der Waals surface area contributed by atoms with Gasteiger partial charge in [0.2, 0.25) is 0 Å². The van der Waals surface area contributed by atoms with Gasteiger partial charge >= 0.3 is 5.97 Å². The number of rotatable bonds is 2. The van der Waals surface area contributed by atoms with E-state index in [0.29, 0.717) is 17.4 Å². The smallest absolute Gasteiger partial charge is 0.339 e. The first kappa shape index (κ1) is 15.3. The number of anilines is 1. The van der Waals surface area contributed by atoms with Gasteiger partial charge in [-0.3, -0.25) is 0 Å². The number of allylic oxidation sites excluding steroid dienone is 2. The Balaban J connectivity index is 1.82. The van der Waals surface area contributed by atoms with Crippen LogP contribution in [0, 0.1) is 5.92 Å². The third-order valence-electron chi connectivity index (χ3n) is 5.03. The highest BCUT2D eigenvalue weighted by molar-refractivity contribution is 6.30. The first-order valence-electron chi connectivity index (χ1n) is 8.09. The molecule has 0 radical (unpaired) electrons. The molecule has 1 N–H and O–H groups in total. The van der Waals surface area contributed by atoms with Crippen molar-refractivity contribution >= 4 is 23.3 Å². The van der Waals surface area contributed by atoms with Crippen LogP contribution in [0.5, 0.6) is 0 Å². The Kier molecular flexibility index (Phi) is 3.81. The molecule has 1 aliphatic heterocycles. The standard InChI is InChI=1S/C20H18ClNO2/c1-24-20(23)17-7-3-6-16-14-4-2-5-15(14)18(22-19(16)17)12-8-10-13(21)11-9-12/h2-4,6-11,14-15,18,22H,5H2,1H3/t14-,15-,18-/m0/s1. The quantitative estimate of drug-likeness (QED) is 0.621. The molecule has 0 unspecified atom stereocenters. The fraction of sp³-hybridized carbons (Fsp3) is 0.250. The number of hydrogen-bond donors (Lipinski definition) is 1. The summed E-state index contributed by atoms with van der Waals surface area (Å²) in [5.74, 6) is 0.438. The fourth-order valence-electron chi connectivity index (χ4n) is 3.90. The van der Waals surface area contributed by atoms with Crippen molar-refractivity contribution in [2.24, 2.45) is 5.92 Å². The van der Waals surface area contributed by atoms with E-state index in [1.165, 1.54) is 18.2 Å². The molecule has 0 aromatic heterocycles. The first-order chi connectivity index (χ1) is 11.7. The predicted molar refractivity (Wildman–Crippen MR) is 95.6 cm³/mol. The van der Waals surface area contributed by atoms with E-state index in [-0.39, 0.29) is 12.0 Å². The maximum Gasteiger partial charge on any atom is 0.339 e. The molecule has 0 spiro atoms. The fourth-order valence-corrected chi connectivity index (χ4v) is 4.03. The molecule has 3 nitrogen and oxygen atoms in total. The van der Waals surface area contributed by atoms with Gasteiger partial charge in [-0.1, -0.05) is 48.0 Å². The van der Waals surface area contributed by atoms with Gasteiger partial charge in [-0.05, 0) is 41.7 Å². The molecule has 2 aromatic carbocycles. The Morgan fingerprint density at radius 3 is 2.75 bits per heavy atom. The SMILES string of the molecule is COC(=O)c1cccc2c1N[C@@H](c1ccc(Cl)cc1)[C@H]1CC=C[C@H]21. The lowest BCUT2D eigenvalue weighted by atomic mass is 9.76. The summed E-state index contributed by atoms with van der Waals surface area (Å²) in [6.07, 6.45) is 5.51. The number of nitrogens with one attached hydrogen (secondary N) is 1. The second-order valence-electron chi connectivity index (χ2n) is 6.29. The molecule has 0 fully saturated rings. The van der Waals surface area contributed by atoms with Gasteiger partial charge in [0.05, 0.1) is 24.4 Å². The maximum atomic E-state index is 12.2. The van der Waals surface area contributed by atoms with Crippen molar-refractivity contribution in [3.63, 3.8) is 0 Å². The molecule has 2 aromatic rings. The van der Waals surface area contributed by atoms with E-state index in [0.717, 1.165) is 17.1 Å². The molecule has 0 saturated carbocycles. The van der Waals surface area contributed by atoms with E-state index in [2.05, 4.69) is 35.7 Å². The van der Waals surface area contributed by atoms with Crippen molar-refractivity contribution in [1.29, 1.82) is 0 Å². The molecule has 24 heavy (non-hydrogen) atoms. The minimum Gasteiger partial charge on any atom is -0.465 e. The molecule has 122 valence electrons. The topological polar surface area (TPSA) is 38.3 Å². The van der Waals surface area contributed by atoms with E-state index in [9.17, 15) is 4.79 Å². The van der Waals surface area contributed by atoms with Gasteiger partial charge in [-0.25, -0.2) is 4.79 Å². The third kappa shape index (κ3) is 2.40. The van der Waals surface area contributed by atoms with Crippen molar-refractivity contribution < 1.29 is 9.53 Å². The highest BCUT2D eigenvalue weighted by Gasteiger charge is 2.39. The second kappa shape index (κ2) is 5.99. The number of methoxy groups -OCH3 is 1. The summed E-state index contributed by atoms with van der Waals surface area (Å²) in [7, 11) is 1.42. The van der Waals surface area contributed by atoms with Gasteiger partial charge in [0.25, 0.3) is 0 Å². The number of carbonyl (C=O) groups excluding carboxylic acids is 1. The highest BCUT2D eigenvalue weighted by atomic mass is 35.5. The number of para-hydroxylation sites is 1. The van der Waals surface area contributed by atoms with E-state index in [1.54, 1.807) is 0 Å². The number of halogens is 1. The summed E-state index contributed by atoms with van der Waals surface area (Å²) >= 11 is 6.03. The highest BCUT2D eigenvalue weighted by Crippen LogP contribution is 2.50. The third-order valence-corrected chi connectivity index (χ3v) is 5.28. The molecule has 1 aliphatic carbocycles. The Morgan fingerprint density at radius 2 is 2.00 bits per heavy atom. The Labute approximate surface area is 146 Å². The van der Waals surface area contributed by atoms with Gasteiger partial charge < -0.3 is 10.1 Å². The average Bonchev–Trinajstić information content (AvgIpc) is 3.10. The summed E-state index contributed by atoms with van der Waals surface area (Å²) < 4.78 is 4.96. The van der Waals surface area contributed by atoms with Crippen LogP contribution in [0.4, 0.5) is 5.69 Å². The second-order valence-corrected chi connectivity index (χ2v) is 6.72. The minimum absolute atomic E-state index is 0.139. The largest absolute Gasteiger partial charge is 0.465 e. The van der Waals surface area contributed by atoms with Crippen molar-refractivity contribution in [1.82, 2.24) is 0 Å². The maximum absolute atomic E-state index is 12.2. The molecular formula is C20H18ClNO2. The van der Waals surface area contributed by atoms with E-state index >= 15 is 0 Å². The van der Waals surface area contributed by atoms with E-state index in [1.807, 2.05) is 24.3 Å². The van der Waals surface area contributed by atoms with Crippen LogP contribution in [0.3, 0.4) is 0 Å². The van der Waals surface area contributed by atoms with Crippen molar-refractivity contribution in [3.8, 4) is 0 Å². The number of esters is 1.